The standard InChI is InChI=1S/C11H23NO3S/c1-2-16(14,15)10-8-12(7-4-9-13)11-5-3-6-11/h11,13H,2-10H2,1H3. The number of rotatable bonds is 8. The first-order valence-corrected chi connectivity index (χ1v) is 7.96. The Balaban J connectivity index is 2.37. The van der Waals surface area contributed by atoms with E-state index in [1.165, 1.54) is 19.3 Å². The van der Waals surface area contributed by atoms with E-state index < -0.39 is 9.84 Å². The Morgan fingerprint density at radius 1 is 1.31 bits per heavy atom. The van der Waals surface area contributed by atoms with E-state index in [-0.39, 0.29) is 18.1 Å². The summed E-state index contributed by atoms with van der Waals surface area (Å²) in [5, 5.41) is 8.82. The van der Waals surface area contributed by atoms with Crippen LogP contribution in [0.5, 0.6) is 0 Å². The molecule has 4 nitrogen and oxygen atoms in total. The maximum absolute atomic E-state index is 11.4. The van der Waals surface area contributed by atoms with Crippen molar-refractivity contribution in [3.05, 3.63) is 0 Å². The third-order valence-electron chi connectivity index (χ3n) is 3.32. The fourth-order valence-corrected chi connectivity index (χ4v) is 2.70. The highest BCUT2D eigenvalue weighted by Gasteiger charge is 2.25. The summed E-state index contributed by atoms with van der Waals surface area (Å²) in [6.07, 6.45) is 4.35. The fraction of sp³-hybridized carbons (Fsp3) is 1.00. The molecule has 1 saturated carbocycles. The molecule has 0 saturated heterocycles. The zero-order valence-corrected chi connectivity index (χ0v) is 10.9. The molecule has 1 N–H and O–H groups in total. The second-order valence-electron chi connectivity index (χ2n) is 4.43. The van der Waals surface area contributed by atoms with E-state index in [1.54, 1.807) is 6.92 Å². The molecule has 0 bridgehead atoms. The molecule has 1 aliphatic carbocycles. The van der Waals surface area contributed by atoms with Crippen LogP contribution in [-0.2, 0) is 9.84 Å². The molecule has 0 aromatic heterocycles. The maximum atomic E-state index is 11.4. The Bertz CT molecular complexity index is 286. The van der Waals surface area contributed by atoms with Gasteiger partial charge in [0.2, 0.25) is 0 Å². The first-order valence-electron chi connectivity index (χ1n) is 6.14. The van der Waals surface area contributed by atoms with Crippen molar-refractivity contribution in [3.8, 4) is 0 Å². The molecule has 0 atom stereocenters. The second kappa shape index (κ2) is 6.57. The first-order chi connectivity index (χ1) is 7.59. The lowest BCUT2D eigenvalue weighted by molar-refractivity contribution is 0.124. The van der Waals surface area contributed by atoms with Gasteiger partial charge in [0.15, 0.2) is 9.84 Å². The van der Waals surface area contributed by atoms with Crippen LogP contribution < -0.4 is 0 Å². The molecule has 0 unspecified atom stereocenters. The Morgan fingerprint density at radius 2 is 2.00 bits per heavy atom. The highest BCUT2D eigenvalue weighted by Crippen LogP contribution is 2.24. The normalized spacial score (nSPS) is 17.7. The van der Waals surface area contributed by atoms with Crippen LogP contribution in [0.4, 0.5) is 0 Å². The zero-order valence-electron chi connectivity index (χ0n) is 10.1. The van der Waals surface area contributed by atoms with E-state index in [4.69, 9.17) is 5.11 Å². The van der Waals surface area contributed by atoms with Gasteiger partial charge in [-0.05, 0) is 19.3 Å². The zero-order chi connectivity index (χ0) is 12.0. The highest BCUT2D eigenvalue weighted by molar-refractivity contribution is 7.91. The van der Waals surface area contributed by atoms with Gasteiger partial charge in [-0.3, -0.25) is 4.90 Å². The van der Waals surface area contributed by atoms with Gasteiger partial charge in [0, 0.05) is 31.5 Å². The minimum Gasteiger partial charge on any atom is -0.396 e. The third kappa shape index (κ3) is 4.39. The number of aliphatic hydroxyl groups is 1. The SMILES string of the molecule is CCS(=O)(=O)CCN(CCCO)C1CCC1. The van der Waals surface area contributed by atoms with Crippen LogP contribution in [0.15, 0.2) is 0 Å². The predicted molar refractivity (Wildman–Crippen MR) is 65.2 cm³/mol. The van der Waals surface area contributed by atoms with Crippen molar-refractivity contribution < 1.29 is 13.5 Å². The second-order valence-corrected chi connectivity index (χ2v) is 6.91. The molecule has 0 aromatic carbocycles. The van der Waals surface area contributed by atoms with Crippen LogP contribution in [-0.4, -0.2) is 55.7 Å². The molecule has 5 heteroatoms. The maximum Gasteiger partial charge on any atom is 0.151 e. The summed E-state index contributed by atoms with van der Waals surface area (Å²) in [4.78, 5) is 2.23. The molecular formula is C11H23NO3S. The van der Waals surface area contributed by atoms with E-state index in [0.717, 1.165) is 13.0 Å². The minimum atomic E-state index is -2.86. The number of nitrogens with zero attached hydrogens (tertiary/aromatic N) is 1. The number of aliphatic hydroxyl groups excluding tert-OH is 1. The molecule has 96 valence electrons. The topological polar surface area (TPSA) is 57.6 Å². The van der Waals surface area contributed by atoms with Crippen molar-refractivity contribution in [1.29, 1.82) is 0 Å². The molecule has 0 spiro atoms. The summed E-state index contributed by atoms with van der Waals surface area (Å²) in [5.74, 6) is 0.483. The molecule has 0 radical (unpaired) electrons. The average molecular weight is 249 g/mol. The molecule has 1 fully saturated rings. The van der Waals surface area contributed by atoms with Crippen molar-refractivity contribution in [2.24, 2.45) is 0 Å². The fourth-order valence-electron chi connectivity index (χ4n) is 1.90. The summed E-state index contributed by atoms with van der Waals surface area (Å²) in [5.41, 5.74) is 0. The summed E-state index contributed by atoms with van der Waals surface area (Å²) < 4.78 is 22.9. The van der Waals surface area contributed by atoms with Crippen LogP contribution in [0.25, 0.3) is 0 Å². The molecule has 0 amide bonds. The summed E-state index contributed by atoms with van der Waals surface area (Å²) in [6.45, 7) is 3.32. The lowest BCUT2D eigenvalue weighted by Gasteiger charge is -2.37. The average Bonchev–Trinajstić information content (AvgIpc) is 2.19. The van der Waals surface area contributed by atoms with Gasteiger partial charge in [-0.15, -0.1) is 0 Å². The van der Waals surface area contributed by atoms with Crippen LogP contribution in [0.2, 0.25) is 0 Å². The van der Waals surface area contributed by atoms with Crippen molar-refractivity contribution in [3.63, 3.8) is 0 Å². The van der Waals surface area contributed by atoms with Gasteiger partial charge in [-0.2, -0.15) is 0 Å². The van der Waals surface area contributed by atoms with Gasteiger partial charge in [0.25, 0.3) is 0 Å². The summed E-state index contributed by atoms with van der Waals surface area (Å²) >= 11 is 0. The van der Waals surface area contributed by atoms with Crippen LogP contribution >= 0.6 is 0 Å². The lowest BCUT2D eigenvalue weighted by atomic mass is 9.91. The Morgan fingerprint density at radius 3 is 2.44 bits per heavy atom. The van der Waals surface area contributed by atoms with E-state index in [0.29, 0.717) is 12.6 Å². The van der Waals surface area contributed by atoms with Crippen molar-refractivity contribution >= 4 is 9.84 Å². The van der Waals surface area contributed by atoms with E-state index >= 15 is 0 Å². The van der Waals surface area contributed by atoms with Crippen LogP contribution in [0, 0.1) is 0 Å². The quantitative estimate of drug-likeness (QED) is 0.686. The molecule has 0 aliphatic heterocycles. The highest BCUT2D eigenvalue weighted by atomic mass is 32.2. The lowest BCUT2D eigenvalue weighted by Crippen LogP contribution is -2.43. The van der Waals surface area contributed by atoms with Gasteiger partial charge in [-0.1, -0.05) is 13.3 Å². The molecular weight excluding hydrogens is 226 g/mol. The smallest absolute Gasteiger partial charge is 0.151 e. The Hall–Kier alpha value is -0.130. The molecule has 16 heavy (non-hydrogen) atoms. The Kier molecular flexibility index (Phi) is 5.72. The number of hydrogen-bond donors (Lipinski definition) is 1. The van der Waals surface area contributed by atoms with E-state index in [1.807, 2.05) is 0 Å². The summed E-state index contributed by atoms with van der Waals surface area (Å²) in [7, 11) is -2.86. The predicted octanol–water partition coefficient (Wildman–Crippen LogP) is 0.658. The van der Waals surface area contributed by atoms with Gasteiger partial charge in [0.05, 0.1) is 5.75 Å². The van der Waals surface area contributed by atoms with Crippen molar-refractivity contribution in [1.82, 2.24) is 4.90 Å². The van der Waals surface area contributed by atoms with Gasteiger partial charge >= 0.3 is 0 Å². The molecule has 1 aliphatic rings. The molecule has 0 heterocycles. The van der Waals surface area contributed by atoms with Crippen LogP contribution in [0.1, 0.15) is 32.6 Å². The minimum absolute atomic E-state index is 0.184. The van der Waals surface area contributed by atoms with Crippen molar-refractivity contribution in [2.45, 2.75) is 38.6 Å². The summed E-state index contributed by atoms with van der Waals surface area (Å²) in [6, 6.07) is 0.554. The van der Waals surface area contributed by atoms with Gasteiger partial charge in [-0.25, -0.2) is 8.42 Å². The monoisotopic (exact) mass is 249 g/mol. The van der Waals surface area contributed by atoms with Gasteiger partial charge < -0.3 is 5.11 Å². The Labute approximate surface area is 98.6 Å². The largest absolute Gasteiger partial charge is 0.396 e. The molecule has 0 aromatic rings. The van der Waals surface area contributed by atoms with Crippen molar-refractivity contribution in [2.75, 3.05) is 31.2 Å². The molecule has 1 rings (SSSR count). The number of sulfone groups is 1. The third-order valence-corrected chi connectivity index (χ3v) is 5.01. The van der Waals surface area contributed by atoms with Gasteiger partial charge in [0.1, 0.15) is 0 Å². The van der Waals surface area contributed by atoms with E-state index in [9.17, 15) is 8.42 Å². The number of hydrogen-bond acceptors (Lipinski definition) is 4. The first kappa shape index (κ1) is 13.9. The van der Waals surface area contributed by atoms with E-state index in [2.05, 4.69) is 4.90 Å². The van der Waals surface area contributed by atoms with Crippen LogP contribution in [0.3, 0.4) is 0 Å².